The van der Waals surface area contributed by atoms with Crippen molar-refractivity contribution in [2.24, 2.45) is 0 Å². The lowest BCUT2D eigenvalue weighted by molar-refractivity contribution is 0.669. The fourth-order valence-corrected chi connectivity index (χ4v) is 9.20. The number of aryl methyl sites for hydroxylation is 1. The van der Waals surface area contributed by atoms with Gasteiger partial charge in [-0.1, -0.05) is 140 Å². The van der Waals surface area contributed by atoms with Crippen LogP contribution in [-0.2, 0) is 5.41 Å². The Morgan fingerprint density at radius 3 is 1.98 bits per heavy atom. The minimum atomic E-state index is -0.557. The van der Waals surface area contributed by atoms with Crippen molar-refractivity contribution in [2.45, 2.75) is 12.3 Å². The maximum atomic E-state index is 6.81. The van der Waals surface area contributed by atoms with Crippen molar-refractivity contribution in [3.8, 4) is 33.4 Å². The molecule has 52 heavy (non-hydrogen) atoms. The number of hydrogen-bond donors (Lipinski definition) is 0. The first-order chi connectivity index (χ1) is 25.7. The van der Waals surface area contributed by atoms with Gasteiger partial charge in [-0.3, -0.25) is 0 Å². The molecule has 8 aromatic carbocycles. The molecule has 1 atom stereocenters. The van der Waals surface area contributed by atoms with E-state index in [2.05, 4.69) is 194 Å². The van der Waals surface area contributed by atoms with Crippen LogP contribution >= 0.6 is 0 Å². The molecule has 1 unspecified atom stereocenters. The molecule has 2 aliphatic rings. The lowest BCUT2D eigenvalue weighted by Gasteiger charge is -2.32. The summed E-state index contributed by atoms with van der Waals surface area (Å²) in [5.41, 5.74) is 18.5. The fourth-order valence-electron chi connectivity index (χ4n) is 9.20. The van der Waals surface area contributed by atoms with E-state index in [0.29, 0.717) is 0 Å². The first-order valence-electron chi connectivity index (χ1n) is 18.0. The van der Waals surface area contributed by atoms with Gasteiger partial charge in [0.25, 0.3) is 0 Å². The van der Waals surface area contributed by atoms with E-state index in [1.54, 1.807) is 0 Å². The Labute approximate surface area is 302 Å². The van der Waals surface area contributed by atoms with E-state index < -0.39 is 5.41 Å². The second-order valence-corrected chi connectivity index (χ2v) is 14.1. The molecule has 9 aromatic rings. The number of furan rings is 1. The van der Waals surface area contributed by atoms with Crippen LogP contribution in [0.4, 0.5) is 17.1 Å². The van der Waals surface area contributed by atoms with Crippen LogP contribution in [0.2, 0.25) is 0 Å². The first kappa shape index (κ1) is 29.1. The van der Waals surface area contributed by atoms with E-state index in [1.807, 2.05) is 0 Å². The molecule has 1 aromatic heterocycles. The van der Waals surface area contributed by atoms with Crippen molar-refractivity contribution in [1.29, 1.82) is 0 Å². The molecule has 244 valence electrons. The van der Waals surface area contributed by atoms with Crippen LogP contribution < -0.4 is 4.90 Å². The van der Waals surface area contributed by atoms with Gasteiger partial charge < -0.3 is 9.32 Å². The van der Waals surface area contributed by atoms with Crippen molar-refractivity contribution in [3.05, 3.63) is 210 Å². The summed E-state index contributed by atoms with van der Waals surface area (Å²) in [6.07, 6.45) is 0. The predicted molar refractivity (Wildman–Crippen MR) is 215 cm³/mol. The van der Waals surface area contributed by atoms with Crippen molar-refractivity contribution < 1.29 is 4.42 Å². The summed E-state index contributed by atoms with van der Waals surface area (Å²) in [6.45, 7) is 2.20. The molecule has 0 saturated carbocycles. The maximum Gasteiger partial charge on any atom is 0.143 e. The quantitative estimate of drug-likeness (QED) is 0.186. The van der Waals surface area contributed by atoms with Gasteiger partial charge in [-0.2, -0.15) is 0 Å². The number of benzene rings is 8. The Morgan fingerprint density at radius 2 is 1.13 bits per heavy atom. The third-order valence-corrected chi connectivity index (χ3v) is 11.4. The van der Waals surface area contributed by atoms with Gasteiger partial charge in [0.05, 0.1) is 5.41 Å². The Bertz CT molecular complexity index is 2870. The Kier molecular flexibility index (Phi) is 6.12. The number of hydrogen-bond acceptors (Lipinski definition) is 2. The van der Waals surface area contributed by atoms with Crippen LogP contribution in [0.1, 0.15) is 27.8 Å². The molecule has 2 aliphatic carbocycles. The van der Waals surface area contributed by atoms with E-state index >= 15 is 0 Å². The summed E-state index contributed by atoms with van der Waals surface area (Å²) in [7, 11) is 0. The SMILES string of the molecule is Cc1ccccc1N(c1ccccc1)c1ccc2c(c1)C1(c3cc(-c4ccccc4)ccc3-2)c2ccccc2-c2c1ccc1c2oc2ccccc21. The van der Waals surface area contributed by atoms with E-state index in [9.17, 15) is 0 Å². The third-order valence-electron chi connectivity index (χ3n) is 11.4. The lowest BCUT2D eigenvalue weighted by Crippen LogP contribution is -2.26. The second-order valence-electron chi connectivity index (χ2n) is 14.1. The van der Waals surface area contributed by atoms with Crippen LogP contribution in [0, 0.1) is 6.92 Å². The minimum absolute atomic E-state index is 0.557. The topological polar surface area (TPSA) is 16.4 Å². The lowest BCUT2D eigenvalue weighted by atomic mass is 9.70. The summed E-state index contributed by atoms with van der Waals surface area (Å²) in [5.74, 6) is 0. The van der Waals surface area contributed by atoms with Gasteiger partial charge in [0.1, 0.15) is 11.2 Å². The average molecular weight is 664 g/mol. The fraction of sp³-hybridized carbons (Fsp3) is 0.0400. The molecule has 1 heterocycles. The van der Waals surface area contributed by atoms with E-state index in [0.717, 1.165) is 33.3 Å². The Hall–Kier alpha value is -6.64. The molecule has 0 saturated heterocycles. The molecular weight excluding hydrogens is 631 g/mol. The van der Waals surface area contributed by atoms with Crippen LogP contribution in [0.5, 0.6) is 0 Å². The van der Waals surface area contributed by atoms with Gasteiger partial charge in [0, 0.05) is 33.4 Å². The number of para-hydroxylation sites is 3. The smallest absolute Gasteiger partial charge is 0.143 e. The zero-order valence-corrected chi connectivity index (χ0v) is 28.7. The standard InChI is InChI=1S/C50H33NO/c1-32-14-8-12-22-46(32)51(35-17-6-3-7-18-35)36-25-27-38-37-26-24-34(33-15-4-2-5-16-33)30-44(37)50(45(38)31-36)42-21-11-9-20-41(42)48-43(50)29-28-40-39-19-10-13-23-47(39)52-49(40)48/h2-31H,1H3. The summed E-state index contributed by atoms with van der Waals surface area (Å²) in [4.78, 5) is 2.41. The monoisotopic (exact) mass is 663 g/mol. The van der Waals surface area contributed by atoms with Crippen molar-refractivity contribution in [3.63, 3.8) is 0 Å². The number of fused-ring (bicyclic) bond motifs is 14. The first-order valence-corrected chi connectivity index (χ1v) is 18.0. The summed E-state index contributed by atoms with van der Waals surface area (Å²) in [5, 5.41) is 2.30. The predicted octanol–water partition coefficient (Wildman–Crippen LogP) is 13.4. The van der Waals surface area contributed by atoms with Gasteiger partial charge >= 0.3 is 0 Å². The van der Waals surface area contributed by atoms with Gasteiger partial charge in [-0.15, -0.1) is 0 Å². The molecule has 0 amide bonds. The molecule has 1 spiro atoms. The van der Waals surface area contributed by atoms with Crippen LogP contribution in [0.3, 0.4) is 0 Å². The molecule has 0 bridgehead atoms. The minimum Gasteiger partial charge on any atom is -0.455 e. The van der Waals surface area contributed by atoms with Gasteiger partial charge in [-0.25, -0.2) is 0 Å². The number of anilines is 3. The highest BCUT2D eigenvalue weighted by molar-refractivity contribution is 6.13. The van der Waals surface area contributed by atoms with E-state index in [1.165, 1.54) is 66.9 Å². The zero-order chi connectivity index (χ0) is 34.4. The highest BCUT2D eigenvalue weighted by Gasteiger charge is 2.53. The van der Waals surface area contributed by atoms with Gasteiger partial charge in [0.15, 0.2) is 0 Å². The molecule has 2 heteroatoms. The summed E-state index contributed by atoms with van der Waals surface area (Å²) < 4.78 is 6.81. The summed E-state index contributed by atoms with van der Waals surface area (Å²) >= 11 is 0. The third kappa shape index (κ3) is 3.89. The van der Waals surface area contributed by atoms with Crippen LogP contribution in [0.15, 0.2) is 186 Å². The normalized spacial score (nSPS) is 15.1. The highest BCUT2D eigenvalue weighted by Crippen LogP contribution is 2.65. The van der Waals surface area contributed by atoms with Gasteiger partial charge in [0.2, 0.25) is 0 Å². The van der Waals surface area contributed by atoms with Crippen LogP contribution in [0.25, 0.3) is 55.3 Å². The van der Waals surface area contributed by atoms with E-state index in [4.69, 9.17) is 4.42 Å². The van der Waals surface area contributed by atoms with Crippen molar-refractivity contribution in [1.82, 2.24) is 0 Å². The molecule has 11 rings (SSSR count). The Morgan fingerprint density at radius 1 is 0.442 bits per heavy atom. The zero-order valence-electron chi connectivity index (χ0n) is 28.7. The van der Waals surface area contributed by atoms with Crippen molar-refractivity contribution in [2.75, 3.05) is 4.90 Å². The molecule has 0 N–H and O–H groups in total. The maximum absolute atomic E-state index is 6.81. The van der Waals surface area contributed by atoms with Crippen LogP contribution in [-0.4, -0.2) is 0 Å². The molecule has 2 nitrogen and oxygen atoms in total. The second kappa shape index (κ2) is 10.9. The largest absolute Gasteiger partial charge is 0.455 e. The Balaban J connectivity index is 1.26. The number of rotatable bonds is 4. The molecule has 0 aliphatic heterocycles. The van der Waals surface area contributed by atoms with E-state index in [-0.39, 0.29) is 0 Å². The van der Waals surface area contributed by atoms with Gasteiger partial charge in [-0.05, 0) is 105 Å². The summed E-state index contributed by atoms with van der Waals surface area (Å²) in [6, 6.07) is 66.5. The molecule has 0 radical (unpaired) electrons. The molecular formula is C50H33NO. The highest BCUT2D eigenvalue weighted by atomic mass is 16.3. The average Bonchev–Trinajstić information content (AvgIpc) is 3.83. The van der Waals surface area contributed by atoms with Crippen molar-refractivity contribution >= 4 is 39.0 Å². The number of nitrogens with zero attached hydrogens (tertiary/aromatic N) is 1. The molecule has 0 fully saturated rings.